The second-order valence-corrected chi connectivity index (χ2v) is 6.52. The highest BCUT2D eigenvalue weighted by Crippen LogP contribution is 2.28. The highest BCUT2D eigenvalue weighted by atomic mass is 35.5. The van der Waals surface area contributed by atoms with E-state index in [-0.39, 0.29) is 0 Å². The molecule has 1 aliphatic rings. The third-order valence-corrected chi connectivity index (χ3v) is 4.57. The summed E-state index contributed by atoms with van der Waals surface area (Å²) in [6, 6.07) is 3.60. The van der Waals surface area contributed by atoms with Crippen LogP contribution < -0.4 is 5.32 Å². The van der Waals surface area contributed by atoms with Crippen molar-refractivity contribution in [3.63, 3.8) is 0 Å². The maximum absolute atomic E-state index is 9.99. The number of aliphatic hydroxyl groups excluding tert-OH is 1. The predicted molar refractivity (Wildman–Crippen MR) is 88.5 cm³/mol. The summed E-state index contributed by atoms with van der Waals surface area (Å²) >= 11 is 12.2. The first-order valence-electron chi connectivity index (χ1n) is 7.55. The summed E-state index contributed by atoms with van der Waals surface area (Å²) in [7, 11) is 0. The van der Waals surface area contributed by atoms with E-state index in [1.807, 2.05) is 13.0 Å². The van der Waals surface area contributed by atoms with E-state index >= 15 is 0 Å². The van der Waals surface area contributed by atoms with Crippen molar-refractivity contribution in [3.05, 3.63) is 27.7 Å². The zero-order valence-corrected chi connectivity index (χ0v) is 13.9. The van der Waals surface area contributed by atoms with Crippen molar-refractivity contribution in [2.75, 3.05) is 18.5 Å². The highest BCUT2D eigenvalue weighted by Gasteiger charge is 2.15. The Hall–Kier alpha value is -0.480. The monoisotopic (exact) mass is 331 g/mol. The van der Waals surface area contributed by atoms with Gasteiger partial charge in [-0.05, 0) is 37.5 Å². The average Bonchev–Trinajstić information content (AvgIpc) is 2.48. The van der Waals surface area contributed by atoms with E-state index in [4.69, 9.17) is 27.9 Å². The fraction of sp³-hybridized carbons (Fsp3) is 0.625. The molecule has 0 heterocycles. The van der Waals surface area contributed by atoms with E-state index in [0.29, 0.717) is 29.3 Å². The minimum atomic E-state index is -0.553. The number of aliphatic hydroxyl groups is 1. The summed E-state index contributed by atoms with van der Waals surface area (Å²) in [6.07, 6.45) is 5.75. The number of halogens is 2. The normalized spacial score (nSPS) is 17.7. The van der Waals surface area contributed by atoms with Crippen LogP contribution in [0, 0.1) is 6.92 Å². The molecule has 1 unspecified atom stereocenters. The topological polar surface area (TPSA) is 41.5 Å². The number of rotatable bonds is 6. The number of hydrogen-bond acceptors (Lipinski definition) is 3. The van der Waals surface area contributed by atoms with Gasteiger partial charge >= 0.3 is 0 Å². The van der Waals surface area contributed by atoms with Crippen LogP contribution in [0.15, 0.2) is 12.1 Å². The number of benzene rings is 1. The molecule has 1 fully saturated rings. The molecule has 0 aliphatic heterocycles. The molecule has 1 aromatic carbocycles. The van der Waals surface area contributed by atoms with Gasteiger partial charge < -0.3 is 15.2 Å². The van der Waals surface area contributed by atoms with Crippen molar-refractivity contribution in [1.82, 2.24) is 0 Å². The second-order valence-electron chi connectivity index (χ2n) is 5.71. The number of hydrogen-bond donors (Lipinski definition) is 2. The molecule has 1 atom stereocenters. The molecule has 3 nitrogen and oxygen atoms in total. The smallest absolute Gasteiger partial charge is 0.0945 e. The Labute approximate surface area is 136 Å². The van der Waals surface area contributed by atoms with Crippen LogP contribution in [0.2, 0.25) is 10.0 Å². The third-order valence-electron chi connectivity index (χ3n) is 3.85. The van der Waals surface area contributed by atoms with Crippen LogP contribution in [0.4, 0.5) is 5.69 Å². The van der Waals surface area contributed by atoms with E-state index in [1.54, 1.807) is 6.07 Å². The fourth-order valence-electron chi connectivity index (χ4n) is 2.55. The van der Waals surface area contributed by atoms with Gasteiger partial charge in [0.25, 0.3) is 0 Å². The van der Waals surface area contributed by atoms with Crippen LogP contribution in [-0.4, -0.2) is 30.5 Å². The van der Waals surface area contributed by atoms with Crippen molar-refractivity contribution in [1.29, 1.82) is 0 Å². The Morgan fingerprint density at radius 1 is 1.24 bits per heavy atom. The summed E-state index contributed by atoms with van der Waals surface area (Å²) in [5.74, 6) is 0. The summed E-state index contributed by atoms with van der Waals surface area (Å²) < 4.78 is 5.76. The zero-order valence-electron chi connectivity index (χ0n) is 12.4. The van der Waals surface area contributed by atoms with Crippen molar-refractivity contribution < 1.29 is 9.84 Å². The van der Waals surface area contributed by atoms with Gasteiger partial charge in [-0.3, -0.25) is 0 Å². The Kier molecular flexibility index (Phi) is 6.62. The first kappa shape index (κ1) is 16.9. The maximum atomic E-state index is 9.99. The predicted octanol–water partition coefficient (Wildman–Crippen LogP) is 4.42. The minimum absolute atomic E-state index is 0.311. The lowest BCUT2D eigenvalue weighted by Gasteiger charge is -2.23. The van der Waals surface area contributed by atoms with Gasteiger partial charge in [0.05, 0.1) is 29.5 Å². The molecule has 2 N–H and O–H groups in total. The van der Waals surface area contributed by atoms with E-state index in [1.165, 1.54) is 19.3 Å². The van der Waals surface area contributed by atoms with Crippen LogP contribution in [-0.2, 0) is 4.74 Å². The fourth-order valence-corrected chi connectivity index (χ4v) is 3.00. The summed E-state index contributed by atoms with van der Waals surface area (Å²) in [5, 5.41) is 14.4. The van der Waals surface area contributed by atoms with E-state index in [2.05, 4.69) is 5.32 Å². The SMILES string of the molecule is Cc1cc(Cl)c(NCC(O)COC2CCCCC2)cc1Cl. The molecule has 1 aromatic rings. The number of aryl methyl sites for hydroxylation is 1. The maximum Gasteiger partial charge on any atom is 0.0945 e. The second kappa shape index (κ2) is 8.23. The van der Waals surface area contributed by atoms with Gasteiger partial charge in [0.2, 0.25) is 0 Å². The molecule has 2 rings (SSSR count). The lowest BCUT2D eigenvalue weighted by Crippen LogP contribution is -2.28. The Morgan fingerprint density at radius 2 is 1.95 bits per heavy atom. The number of anilines is 1. The summed E-state index contributed by atoms with van der Waals surface area (Å²) in [4.78, 5) is 0. The van der Waals surface area contributed by atoms with Gasteiger partial charge in [-0.2, -0.15) is 0 Å². The van der Waals surface area contributed by atoms with Crippen molar-refractivity contribution in [2.45, 2.75) is 51.2 Å². The van der Waals surface area contributed by atoms with Crippen molar-refractivity contribution in [2.24, 2.45) is 0 Å². The average molecular weight is 332 g/mol. The van der Waals surface area contributed by atoms with Gasteiger partial charge in [0.15, 0.2) is 0 Å². The largest absolute Gasteiger partial charge is 0.389 e. The molecular formula is C16H23Cl2NO2. The highest BCUT2D eigenvalue weighted by molar-refractivity contribution is 6.35. The van der Waals surface area contributed by atoms with Crippen LogP contribution in [0.25, 0.3) is 0 Å². The van der Waals surface area contributed by atoms with E-state index in [0.717, 1.165) is 24.1 Å². The molecule has 0 spiro atoms. The summed E-state index contributed by atoms with van der Waals surface area (Å²) in [6.45, 7) is 2.66. The van der Waals surface area contributed by atoms with Gasteiger partial charge in [-0.1, -0.05) is 42.5 Å². The lowest BCUT2D eigenvalue weighted by atomic mass is 9.98. The van der Waals surface area contributed by atoms with Crippen molar-refractivity contribution >= 4 is 28.9 Å². The quantitative estimate of drug-likeness (QED) is 0.810. The Morgan fingerprint density at radius 3 is 2.67 bits per heavy atom. The molecule has 0 bridgehead atoms. The molecule has 5 heteroatoms. The first-order valence-corrected chi connectivity index (χ1v) is 8.31. The molecule has 0 saturated heterocycles. The molecule has 0 aromatic heterocycles. The Balaban J connectivity index is 1.75. The van der Waals surface area contributed by atoms with Crippen LogP contribution >= 0.6 is 23.2 Å². The van der Waals surface area contributed by atoms with Crippen LogP contribution in [0.1, 0.15) is 37.7 Å². The first-order chi connectivity index (χ1) is 10.1. The summed E-state index contributed by atoms with van der Waals surface area (Å²) in [5.41, 5.74) is 1.68. The lowest BCUT2D eigenvalue weighted by molar-refractivity contribution is -0.0195. The van der Waals surface area contributed by atoms with E-state index < -0.39 is 6.10 Å². The third kappa shape index (κ3) is 5.33. The van der Waals surface area contributed by atoms with Gasteiger partial charge in [0.1, 0.15) is 0 Å². The van der Waals surface area contributed by atoms with Crippen LogP contribution in [0.5, 0.6) is 0 Å². The van der Waals surface area contributed by atoms with Crippen LogP contribution in [0.3, 0.4) is 0 Å². The van der Waals surface area contributed by atoms with Gasteiger partial charge in [0, 0.05) is 11.6 Å². The molecule has 1 aliphatic carbocycles. The van der Waals surface area contributed by atoms with E-state index in [9.17, 15) is 5.11 Å². The molecule has 118 valence electrons. The number of nitrogens with one attached hydrogen (secondary N) is 1. The molecule has 1 saturated carbocycles. The van der Waals surface area contributed by atoms with Gasteiger partial charge in [-0.15, -0.1) is 0 Å². The molecule has 0 radical (unpaired) electrons. The zero-order chi connectivity index (χ0) is 15.2. The van der Waals surface area contributed by atoms with Gasteiger partial charge in [-0.25, -0.2) is 0 Å². The molecule has 0 amide bonds. The van der Waals surface area contributed by atoms with Crippen molar-refractivity contribution in [3.8, 4) is 0 Å². The number of ether oxygens (including phenoxy) is 1. The minimum Gasteiger partial charge on any atom is -0.389 e. The molecule has 21 heavy (non-hydrogen) atoms. The standard InChI is InChI=1S/C16H23Cl2NO2/c1-11-7-15(18)16(8-14(11)17)19-9-12(20)10-21-13-5-3-2-4-6-13/h7-8,12-13,19-20H,2-6,9-10H2,1H3. The molecular weight excluding hydrogens is 309 g/mol. The Bertz CT molecular complexity index is 462.